The molecule has 4 nitrogen and oxygen atoms in total. The number of aliphatic hydroxyl groups excluding tert-OH is 1. The first kappa shape index (κ1) is 17.4. The molecule has 0 aromatic heterocycles. The van der Waals surface area contributed by atoms with Gasteiger partial charge in [0.25, 0.3) is 0 Å². The van der Waals surface area contributed by atoms with E-state index in [0.717, 1.165) is 17.9 Å². The molecule has 0 saturated heterocycles. The van der Waals surface area contributed by atoms with Crippen LogP contribution in [0.3, 0.4) is 0 Å². The highest BCUT2D eigenvalue weighted by Crippen LogP contribution is 2.44. The van der Waals surface area contributed by atoms with Gasteiger partial charge < -0.3 is 16.2 Å². The Bertz CT molecular complexity index is 548. The number of nitrogens with two attached hydrogens (primary N) is 1. The van der Waals surface area contributed by atoms with Crippen LogP contribution in [0.15, 0.2) is 30.3 Å². The maximum Gasteiger partial charge on any atom is 0.223 e. The summed E-state index contributed by atoms with van der Waals surface area (Å²) in [5.41, 5.74) is 7.24. The highest BCUT2D eigenvalue weighted by atomic mass is 16.3. The second-order valence-electron chi connectivity index (χ2n) is 7.85. The van der Waals surface area contributed by atoms with E-state index in [1.165, 1.54) is 19.3 Å². The highest BCUT2D eigenvalue weighted by molar-refractivity contribution is 5.78. The molecule has 2 fully saturated rings. The SMILES string of the molecule is C[C@H](C[C@H](O)[C@@H](N)Cc1ccccc1)C(=O)NC1CC2CCC1C2. The highest BCUT2D eigenvalue weighted by Gasteiger charge is 2.40. The fraction of sp³-hybridized carbons (Fsp3) is 0.650. The number of rotatable bonds is 7. The minimum atomic E-state index is -0.661. The van der Waals surface area contributed by atoms with Gasteiger partial charge in [-0.1, -0.05) is 43.7 Å². The summed E-state index contributed by atoms with van der Waals surface area (Å²) < 4.78 is 0. The monoisotopic (exact) mass is 330 g/mol. The topological polar surface area (TPSA) is 75.3 Å². The van der Waals surface area contributed by atoms with Gasteiger partial charge in [0.1, 0.15) is 0 Å². The molecule has 3 rings (SSSR count). The van der Waals surface area contributed by atoms with E-state index in [1.54, 1.807) is 0 Å². The van der Waals surface area contributed by atoms with Crippen LogP contribution < -0.4 is 11.1 Å². The van der Waals surface area contributed by atoms with E-state index < -0.39 is 6.10 Å². The van der Waals surface area contributed by atoms with Crippen LogP contribution in [-0.2, 0) is 11.2 Å². The van der Waals surface area contributed by atoms with Crippen molar-refractivity contribution >= 4 is 5.91 Å². The van der Waals surface area contributed by atoms with E-state index in [0.29, 0.717) is 24.8 Å². The van der Waals surface area contributed by atoms with E-state index in [1.807, 2.05) is 37.3 Å². The minimum Gasteiger partial charge on any atom is -0.391 e. The lowest BCUT2D eigenvalue weighted by molar-refractivity contribution is -0.126. The van der Waals surface area contributed by atoms with Gasteiger partial charge in [0.15, 0.2) is 0 Å². The maximum atomic E-state index is 12.4. The summed E-state index contributed by atoms with van der Waals surface area (Å²) in [7, 11) is 0. The van der Waals surface area contributed by atoms with E-state index in [9.17, 15) is 9.90 Å². The number of aliphatic hydroxyl groups is 1. The Hall–Kier alpha value is -1.39. The fourth-order valence-electron chi connectivity index (χ4n) is 4.41. The van der Waals surface area contributed by atoms with Crippen molar-refractivity contribution in [2.75, 3.05) is 0 Å². The third kappa shape index (κ3) is 4.17. The number of fused-ring (bicyclic) bond motifs is 2. The molecule has 24 heavy (non-hydrogen) atoms. The zero-order chi connectivity index (χ0) is 17.1. The lowest BCUT2D eigenvalue weighted by Gasteiger charge is -2.26. The van der Waals surface area contributed by atoms with Gasteiger partial charge in [0.05, 0.1) is 6.10 Å². The molecule has 6 atom stereocenters. The van der Waals surface area contributed by atoms with E-state index >= 15 is 0 Å². The lowest BCUT2D eigenvalue weighted by Crippen LogP contribution is -2.44. The molecule has 0 radical (unpaired) electrons. The Morgan fingerprint density at radius 2 is 2.04 bits per heavy atom. The van der Waals surface area contributed by atoms with Crippen molar-refractivity contribution in [1.82, 2.24) is 5.32 Å². The van der Waals surface area contributed by atoms with Gasteiger partial charge in [-0.3, -0.25) is 4.79 Å². The summed E-state index contributed by atoms with van der Waals surface area (Å²) in [5.74, 6) is 1.36. The zero-order valence-electron chi connectivity index (χ0n) is 14.5. The van der Waals surface area contributed by atoms with E-state index in [4.69, 9.17) is 5.73 Å². The van der Waals surface area contributed by atoms with Crippen molar-refractivity contribution in [3.63, 3.8) is 0 Å². The molecule has 3 unspecified atom stereocenters. The van der Waals surface area contributed by atoms with Gasteiger partial charge in [-0.15, -0.1) is 0 Å². The quantitative estimate of drug-likeness (QED) is 0.718. The summed E-state index contributed by atoms with van der Waals surface area (Å²) in [4.78, 5) is 12.4. The summed E-state index contributed by atoms with van der Waals surface area (Å²) in [6, 6.07) is 9.95. The number of benzene rings is 1. The van der Waals surface area contributed by atoms with E-state index in [-0.39, 0.29) is 17.9 Å². The molecule has 2 aliphatic carbocycles. The van der Waals surface area contributed by atoms with Crippen LogP contribution in [0.5, 0.6) is 0 Å². The second kappa shape index (κ2) is 7.66. The summed E-state index contributed by atoms with van der Waals surface area (Å²) >= 11 is 0. The molecule has 1 aromatic rings. The molecule has 0 aliphatic heterocycles. The van der Waals surface area contributed by atoms with Crippen molar-refractivity contribution < 1.29 is 9.90 Å². The summed E-state index contributed by atoms with van der Waals surface area (Å²) in [6.45, 7) is 1.89. The molecule has 132 valence electrons. The van der Waals surface area contributed by atoms with Gasteiger partial charge in [-0.2, -0.15) is 0 Å². The van der Waals surface area contributed by atoms with Gasteiger partial charge in [0.2, 0.25) is 5.91 Å². The van der Waals surface area contributed by atoms with Crippen molar-refractivity contribution in [2.24, 2.45) is 23.5 Å². The largest absolute Gasteiger partial charge is 0.391 e. The number of hydrogen-bond acceptors (Lipinski definition) is 3. The molecule has 1 aromatic carbocycles. The van der Waals surface area contributed by atoms with Crippen LogP contribution in [0, 0.1) is 17.8 Å². The first-order chi connectivity index (χ1) is 11.5. The molecule has 4 N–H and O–H groups in total. The first-order valence-electron chi connectivity index (χ1n) is 9.31. The van der Waals surface area contributed by atoms with Crippen LogP contribution in [0.1, 0.15) is 44.6 Å². The fourth-order valence-corrected chi connectivity index (χ4v) is 4.41. The number of carbonyl (C=O) groups is 1. The second-order valence-corrected chi connectivity index (χ2v) is 7.85. The van der Waals surface area contributed by atoms with Crippen LogP contribution >= 0.6 is 0 Å². The molecular formula is C20H30N2O2. The van der Waals surface area contributed by atoms with Gasteiger partial charge in [-0.25, -0.2) is 0 Å². The van der Waals surface area contributed by atoms with Crippen LogP contribution in [0.2, 0.25) is 0 Å². The minimum absolute atomic E-state index is 0.0681. The Morgan fingerprint density at radius 1 is 1.29 bits per heavy atom. The maximum absolute atomic E-state index is 12.4. The molecule has 4 heteroatoms. The number of carbonyl (C=O) groups excluding carboxylic acids is 1. The number of hydrogen-bond donors (Lipinski definition) is 3. The van der Waals surface area contributed by atoms with Crippen LogP contribution in [0.4, 0.5) is 0 Å². The normalized spacial score (nSPS) is 29.2. The standard InChI is InChI=1S/C20H30N2O2/c1-13(20(24)22-18-12-15-7-8-16(18)10-15)9-19(23)17(21)11-14-5-3-2-4-6-14/h2-6,13,15-19,23H,7-12,21H2,1H3,(H,22,24)/t13-,15?,16?,17+,18?,19+/m1/s1. The van der Waals surface area contributed by atoms with Gasteiger partial charge >= 0.3 is 0 Å². The van der Waals surface area contributed by atoms with Crippen molar-refractivity contribution in [3.05, 3.63) is 35.9 Å². The van der Waals surface area contributed by atoms with Crippen LogP contribution in [-0.4, -0.2) is 29.2 Å². The first-order valence-corrected chi connectivity index (χ1v) is 9.31. The zero-order valence-corrected chi connectivity index (χ0v) is 14.5. The van der Waals surface area contributed by atoms with Crippen molar-refractivity contribution in [2.45, 2.75) is 63.6 Å². The summed E-state index contributed by atoms with van der Waals surface area (Å²) in [6.07, 6.45) is 5.40. The predicted molar refractivity (Wildman–Crippen MR) is 95.3 cm³/mol. The van der Waals surface area contributed by atoms with Crippen LogP contribution in [0.25, 0.3) is 0 Å². The van der Waals surface area contributed by atoms with E-state index in [2.05, 4.69) is 5.32 Å². The van der Waals surface area contributed by atoms with Crippen molar-refractivity contribution in [1.29, 1.82) is 0 Å². The third-order valence-electron chi connectivity index (χ3n) is 5.92. The summed E-state index contributed by atoms with van der Waals surface area (Å²) in [5, 5.41) is 13.6. The number of nitrogens with one attached hydrogen (secondary N) is 1. The molecule has 0 heterocycles. The average Bonchev–Trinajstić information content (AvgIpc) is 3.18. The Labute approximate surface area is 144 Å². The molecule has 2 saturated carbocycles. The smallest absolute Gasteiger partial charge is 0.223 e. The molecule has 2 aliphatic rings. The van der Waals surface area contributed by atoms with Gasteiger partial charge in [-0.05, 0) is 49.5 Å². The third-order valence-corrected chi connectivity index (χ3v) is 5.92. The lowest BCUT2D eigenvalue weighted by atomic mass is 9.92. The molecule has 1 amide bonds. The Kier molecular flexibility index (Phi) is 5.57. The van der Waals surface area contributed by atoms with Gasteiger partial charge in [0, 0.05) is 18.0 Å². The van der Waals surface area contributed by atoms with Crippen molar-refractivity contribution in [3.8, 4) is 0 Å². The Morgan fingerprint density at radius 3 is 2.67 bits per heavy atom. The molecule has 2 bridgehead atoms. The Balaban J connectivity index is 1.44. The predicted octanol–water partition coefficient (Wildman–Crippen LogP) is 2.25. The molecular weight excluding hydrogens is 300 g/mol. The molecule has 0 spiro atoms. The number of amides is 1. The average molecular weight is 330 g/mol.